The predicted octanol–water partition coefficient (Wildman–Crippen LogP) is 4.28. The Hall–Kier alpha value is -2.05. The van der Waals surface area contributed by atoms with Gasteiger partial charge in [0, 0.05) is 25.6 Å². The van der Waals surface area contributed by atoms with Crippen molar-refractivity contribution in [2.45, 2.75) is 70.1 Å². The van der Waals surface area contributed by atoms with Crippen LogP contribution in [0.5, 0.6) is 0 Å². The van der Waals surface area contributed by atoms with Crippen molar-refractivity contribution in [2.24, 2.45) is 5.92 Å². The molecule has 0 radical (unpaired) electrons. The van der Waals surface area contributed by atoms with Crippen LogP contribution in [0, 0.1) is 5.92 Å². The number of hydrogen-bond donors (Lipinski definition) is 1. The van der Waals surface area contributed by atoms with Crippen LogP contribution < -0.4 is 5.32 Å². The zero-order chi connectivity index (χ0) is 20.1. The van der Waals surface area contributed by atoms with Crippen molar-refractivity contribution in [1.82, 2.24) is 10.2 Å². The Morgan fingerprint density at radius 2 is 1.75 bits per heavy atom. The maximum absolute atomic E-state index is 13.1. The van der Waals surface area contributed by atoms with Gasteiger partial charge in [0.15, 0.2) is 0 Å². The van der Waals surface area contributed by atoms with Crippen LogP contribution in [-0.2, 0) is 22.3 Å². The first-order chi connectivity index (χ1) is 13.4. The van der Waals surface area contributed by atoms with Crippen molar-refractivity contribution < 1.29 is 22.8 Å². The van der Waals surface area contributed by atoms with Gasteiger partial charge in [0.25, 0.3) is 0 Å². The molecule has 1 aliphatic heterocycles. The molecule has 1 aromatic rings. The van der Waals surface area contributed by atoms with Gasteiger partial charge in [-0.05, 0) is 30.9 Å². The molecule has 0 bridgehead atoms. The lowest BCUT2D eigenvalue weighted by molar-refractivity contribution is -0.142. The van der Waals surface area contributed by atoms with Crippen LogP contribution in [0.25, 0.3) is 0 Å². The molecule has 1 aromatic carbocycles. The third-order valence-electron chi connectivity index (χ3n) is 5.86. The third kappa shape index (κ3) is 5.06. The number of rotatable bonds is 4. The molecule has 2 aliphatic rings. The lowest BCUT2D eigenvalue weighted by Gasteiger charge is -2.37. The molecular weight excluding hydrogens is 369 g/mol. The topological polar surface area (TPSA) is 49.4 Å². The van der Waals surface area contributed by atoms with Gasteiger partial charge in [-0.1, -0.05) is 43.9 Å². The number of halogens is 3. The number of carbonyl (C=O) groups is 2. The van der Waals surface area contributed by atoms with Crippen molar-refractivity contribution >= 4 is 11.8 Å². The molecule has 0 aromatic heterocycles. The van der Waals surface area contributed by atoms with Crippen LogP contribution in [0.3, 0.4) is 0 Å². The minimum Gasteiger partial charge on any atom is -0.352 e. The number of piperidine rings is 1. The van der Waals surface area contributed by atoms with Crippen LogP contribution in [0.4, 0.5) is 13.2 Å². The minimum atomic E-state index is -4.45. The summed E-state index contributed by atoms with van der Waals surface area (Å²) in [6, 6.07) is 5.46. The molecule has 1 aliphatic carbocycles. The van der Waals surface area contributed by atoms with Crippen molar-refractivity contribution in [3.63, 3.8) is 0 Å². The summed E-state index contributed by atoms with van der Waals surface area (Å²) in [6.07, 6.45) is 2.83. The highest BCUT2D eigenvalue weighted by molar-refractivity contribution is 5.84. The van der Waals surface area contributed by atoms with Crippen molar-refractivity contribution in [3.05, 3.63) is 35.4 Å². The van der Waals surface area contributed by atoms with E-state index in [2.05, 4.69) is 5.32 Å². The van der Waals surface area contributed by atoms with E-state index in [0.717, 1.165) is 31.7 Å². The van der Waals surface area contributed by atoms with Gasteiger partial charge in [-0.15, -0.1) is 0 Å². The standard InChI is InChI=1S/C21H27F3N2O2/c22-21(23,24)18-10-6-5-7-15(18)13-25-20(28)16-11-12-19(27)26(14-16)17-8-3-1-2-4-9-17/h5-7,10,16-17H,1-4,8-9,11-14H2,(H,25,28)/t16-/m0/s1. The Morgan fingerprint density at radius 1 is 1.07 bits per heavy atom. The molecule has 1 heterocycles. The van der Waals surface area contributed by atoms with E-state index in [9.17, 15) is 22.8 Å². The predicted molar refractivity (Wildman–Crippen MR) is 99.2 cm³/mol. The summed E-state index contributed by atoms with van der Waals surface area (Å²) in [5.41, 5.74) is -0.676. The first-order valence-corrected chi connectivity index (χ1v) is 10.1. The fourth-order valence-electron chi connectivity index (χ4n) is 4.29. The van der Waals surface area contributed by atoms with Crippen LogP contribution in [-0.4, -0.2) is 29.3 Å². The molecule has 154 valence electrons. The molecule has 4 nitrogen and oxygen atoms in total. The van der Waals surface area contributed by atoms with Gasteiger partial charge in [0.05, 0.1) is 11.5 Å². The lowest BCUT2D eigenvalue weighted by Crippen LogP contribution is -2.49. The second kappa shape index (κ2) is 8.97. The fraction of sp³-hybridized carbons (Fsp3) is 0.619. The van der Waals surface area contributed by atoms with Gasteiger partial charge in [-0.25, -0.2) is 0 Å². The molecule has 2 amide bonds. The van der Waals surface area contributed by atoms with Gasteiger partial charge in [-0.2, -0.15) is 13.2 Å². The first kappa shape index (κ1) is 20.7. The normalized spacial score (nSPS) is 22.0. The van der Waals surface area contributed by atoms with Crippen LogP contribution in [0.2, 0.25) is 0 Å². The van der Waals surface area contributed by atoms with E-state index in [1.54, 1.807) is 0 Å². The summed E-state index contributed by atoms with van der Waals surface area (Å²) < 4.78 is 39.3. The Morgan fingerprint density at radius 3 is 2.43 bits per heavy atom. The zero-order valence-corrected chi connectivity index (χ0v) is 15.9. The highest BCUT2D eigenvalue weighted by atomic mass is 19.4. The molecule has 28 heavy (non-hydrogen) atoms. The van der Waals surface area contributed by atoms with E-state index in [4.69, 9.17) is 0 Å². The monoisotopic (exact) mass is 396 g/mol. The Labute approximate surface area is 163 Å². The van der Waals surface area contributed by atoms with Crippen LogP contribution in [0.1, 0.15) is 62.5 Å². The van der Waals surface area contributed by atoms with Crippen LogP contribution >= 0.6 is 0 Å². The lowest BCUT2D eigenvalue weighted by atomic mass is 9.93. The van der Waals surface area contributed by atoms with E-state index in [1.165, 1.54) is 31.0 Å². The second-order valence-electron chi connectivity index (χ2n) is 7.80. The number of nitrogens with zero attached hydrogens (tertiary/aromatic N) is 1. The fourth-order valence-corrected chi connectivity index (χ4v) is 4.29. The molecule has 1 atom stereocenters. The molecule has 7 heteroatoms. The third-order valence-corrected chi connectivity index (χ3v) is 5.86. The van der Waals surface area contributed by atoms with Gasteiger partial charge in [-0.3, -0.25) is 9.59 Å². The summed E-state index contributed by atoms with van der Waals surface area (Å²) in [5, 5.41) is 2.65. The van der Waals surface area contributed by atoms with Gasteiger partial charge >= 0.3 is 6.18 Å². The average Bonchev–Trinajstić information content (AvgIpc) is 2.95. The SMILES string of the molecule is O=C(NCc1ccccc1C(F)(F)F)[C@H]1CCC(=O)N(C2CCCCCC2)C1. The van der Waals surface area contributed by atoms with E-state index in [0.29, 0.717) is 19.4 Å². The summed E-state index contributed by atoms with van der Waals surface area (Å²) in [7, 11) is 0. The maximum Gasteiger partial charge on any atom is 0.416 e. The molecule has 1 saturated heterocycles. The number of amides is 2. The molecule has 1 N–H and O–H groups in total. The van der Waals surface area contributed by atoms with E-state index < -0.39 is 11.7 Å². The quantitative estimate of drug-likeness (QED) is 0.772. The number of hydrogen-bond acceptors (Lipinski definition) is 2. The highest BCUT2D eigenvalue weighted by Crippen LogP contribution is 2.32. The molecule has 3 rings (SSSR count). The van der Waals surface area contributed by atoms with Gasteiger partial charge in [0.1, 0.15) is 0 Å². The number of likely N-dealkylation sites (tertiary alicyclic amines) is 1. The second-order valence-corrected chi connectivity index (χ2v) is 7.80. The first-order valence-electron chi connectivity index (χ1n) is 10.1. The number of benzene rings is 1. The highest BCUT2D eigenvalue weighted by Gasteiger charge is 2.35. The Kier molecular flexibility index (Phi) is 6.62. The smallest absolute Gasteiger partial charge is 0.352 e. The van der Waals surface area contributed by atoms with Crippen LogP contribution in [0.15, 0.2) is 24.3 Å². The van der Waals surface area contributed by atoms with Gasteiger partial charge in [0.2, 0.25) is 11.8 Å². The maximum atomic E-state index is 13.1. The van der Waals surface area contributed by atoms with Crippen molar-refractivity contribution in [2.75, 3.05) is 6.54 Å². The number of nitrogens with one attached hydrogen (secondary N) is 1. The van der Waals surface area contributed by atoms with Crippen molar-refractivity contribution in [1.29, 1.82) is 0 Å². The number of carbonyl (C=O) groups excluding carboxylic acids is 2. The van der Waals surface area contributed by atoms with Gasteiger partial charge < -0.3 is 10.2 Å². The molecule has 2 fully saturated rings. The van der Waals surface area contributed by atoms with E-state index in [1.807, 2.05) is 4.90 Å². The minimum absolute atomic E-state index is 0.0517. The van der Waals surface area contributed by atoms with E-state index in [-0.39, 0.29) is 35.9 Å². The number of alkyl halides is 3. The largest absolute Gasteiger partial charge is 0.416 e. The van der Waals surface area contributed by atoms with Crippen molar-refractivity contribution in [3.8, 4) is 0 Å². The summed E-state index contributed by atoms with van der Waals surface area (Å²) >= 11 is 0. The molecule has 0 spiro atoms. The molecule has 0 unspecified atom stereocenters. The Bertz CT molecular complexity index is 697. The molecule has 1 saturated carbocycles. The summed E-state index contributed by atoms with van der Waals surface area (Å²) in [5.74, 6) is -0.541. The Balaban J connectivity index is 1.61. The zero-order valence-electron chi connectivity index (χ0n) is 15.9. The average molecular weight is 396 g/mol. The summed E-state index contributed by atoms with van der Waals surface area (Å²) in [4.78, 5) is 26.8. The van der Waals surface area contributed by atoms with E-state index >= 15 is 0 Å². The summed E-state index contributed by atoms with van der Waals surface area (Å²) in [6.45, 7) is 0.207. The molecular formula is C21H27F3N2O2.